The van der Waals surface area contributed by atoms with Gasteiger partial charge in [-0.3, -0.25) is 4.79 Å². The number of rotatable bonds is 1. The maximum Gasteiger partial charge on any atom is 0.167 e. The highest BCUT2D eigenvalue weighted by Crippen LogP contribution is 2.28. The molecule has 0 aromatic carbocycles. The molecule has 1 rings (SSSR count). The van der Waals surface area contributed by atoms with Crippen LogP contribution in [0.5, 0.6) is 0 Å². The topological polar surface area (TPSA) is 32.9 Å². The molecule has 0 aliphatic carbocycles. The Morgan fingerprint density at radius 1 is 1.40 bits per heavy atom. The van der Waals surface area contributed by atoms with E-state index in [1.165, 1.54) is 0 Å². The summed E-state index contributed by atoms with van der Waals surface area (Å²) < 4.78 is 1.70. The molecule has 0 unspecified atom stereocenters. The lowest BCUT2D eigenvalue weighted by Gasteiger charge is -1.83. The van der Waals surface area contributed by atoms with Crippen molar-refractivity contribution in [3.8, 4) is 0 Å². The number of aromatic amines is 1. The predicted octanol–water partition coefficient (Wildman–Crippen LogP) is 2.66. The Hall–Kier alpha value is -0.0900. The van der Waals surface area contributed by atoms with Crippen molar-refractivity contribution in [2.45, 2.75) is 6.92 Å². The third-order valence-electron chi connectivity index (χ3n) is 1.20. The number of hydrogen-bond acceptors (Lipinski definition) is 1. The van der Waals surface area contributed by atoms with E-state index in [9.17, 15) is 4.79 Å². The monoisotopic (exact) mass is 265 g/mol. The van der Waals surface area contributed by atoms with Gasteiger partial charge >= 0.3 is 0 Å². The quantitative estimate of drug-likeness (QED) is 0.779. The first-order chi connectivity index (χ1) is 4.66. The first-order valence-corrected chi connectivity index (χ1v) is 4.24. The second-order valence-electron chi connectivity index (χ2n) is 1.91. The number of hydrogen-bond donors (Lipinski definition) is 1. The van der Waals surface area contributed by atoms with E-state index in [2.05, 4.69) is 36.8 Å². The lowest BCUT2D eigenvalue weighted by Crippen LogP contribution is -1.78. The zero-order valence-electron chi connectivity index (χ0n) is 5.24. The summed E-state index contributed by atoms with van der Waals surface area (Å²) in [6, 6.07) is 0. The highest BCUT2D eigenvalue weighted by molar-refractivity contribution is 9.13. The first kappa shape index (κ1) is 8.01. The molecule has 1 N–H and O–H groups in total. The van der Waals surface area contributed by atoms with Crippen molar-refractivity contribution in [2.24, 2.45) is 0 Å². The van der Waals surface area contributed by atoms with Gasteiger partial charge in [0, 0.05) is 5.69 Å². The molecule has 0 atom stereocenters. The van der Waals surface area contributed by atoms with Gasteiger partial charge in [0.2, 0.25) is 0 Å². The predicted molar refractivity (Wildman–Crippen MR) is 46.3 cm³/mol. The molecule has 0 amide bonds. The van der Waals surface area contributed by atoms with Gasteiger partial charge in [0.1, 0.15) is 0 Å². The number of aldehydes is 1. The van der Waals surface area contributed by atoms with Gasteiger partial charge in [-0.2, -0.15) is 0 Å². The van der Waals surface area contributed by atoms with E-state index in [0.717, 1.165) is 20.9 Å². The molecular formula is C6H5Br2NO. The molecule has 2 nitrogen and oxygen atoms in total. The van der Waals surface area contributed by atoms with E-state index in [1.54, 1.807) is 0 Å². The van der Waals surface area contributed by atoms with Gasteiger partial charge in [-0.25, -0.2) is 0 Å². The summed E-state index contributed by atoms with van der Waals surface area (Å²) in [5, 5.41) is 0. The number of H-pyrrole nitrogens is 1. The molecule has 0 aliphatic rings. The fraction of sp³-hybridized carbons (Fsp3) is 0.167. The number of aromatic nitrogens is 1. The maximum absolute atomic E-state index is 10.3. The molecule has 1 aromatic heterocycles. The average molecular weight is 267 g/mol. The minimum atomic E-state index is 0.573. The van der Waals surface area contributed by atoms with E-state index in [4.69, 9.17) is 0 Å². The molecular weight excluding hydrogens is 262 g/mol. The molecule has 54 valence electrons. The average Bonchev–Trinajstić information content (AvgIpc) is 2.17. The molecule has 10 heavy (non-hydrogen) atoms. The molecule has 0 saturated heterocycles. The molecule has 1 heterocycles. The fourth-order valence-electron chi connectivity index (χ4n) is 0.676. The van der Waals surface area contributed by atoms with Crippen molar-refractivity contribution in [3.63, 3.8) is 0 Å². The summed E-state index contributed by atoms with van der Waals surface area (Å²) in [6.45, 7) is 1.89. The van der Waals surface area contributed by atoms with E-state index in [0.29, 0.717) is 5.69 Å². The number of nitrogens with one attached hydrogen (secondary N) is 1. The minimum Gasteiger partial charge on any atom is -0.355 e. The summed E-state index contributed by atoms with van der Waals surface area (Å²) in [5.74, 6) is 0. The molecule has 0 radical (unpaired) electrons. The Morgan fingerprint density at radius 3 is 2.20 bits per heavy atom. The van der Waals surface area contributed by atoms with Crippen LogP contribution in [0.4, 0.5) is 0 Å². The summed E-state index contributed by atoms with van der Waals surface area (Å²) >= 11 is 6.56. The van der Waals surface area contributed by atoms with Crippen LogP contribution in [0.3, 0.4) is 0 Å². The van der Waals surface area contributed by atoms with Gasteiger partial charge in [-0.05, 0) is 38.8 Å². The second kappa shape index (κ2) is 2.88. The minimum absolute atomic E-state index is 0.573. The Bertz CT molecular complexity index is 267. The van der Waals surface area contributed by atoms with Crippen molar-refractivity contribution in [1.29, 1.82) is 0 Å². The third-order valence-corrected chi connectivity index (χ3v) is 3.55. The van der Waals surface area contributed by atoms with Crippen LogP contribution in [0.2, 0.25) is 0 Å². The van der Waals surface area contributed by atoms with Gasteiger partial charge in [-0.15, -0.1) is 0 Å². The van der Waals surface area contributed by atoms with Crippen LogP contribution < -0.4 is 0 Å². The summed E-state index contributed by atoms with van der Waals surface area (Å²) in [6.07, 6.45) is 0.780. The van der Waals surface area contributed by atoms with Crippen LogP contribution in [0.1, 0.15) is 16.2 Å². The fourth-order valence-corrected chi connectivity index (χ4v) is 1.48. The number of carbonyl (C=O) groups is 1. The largest absolute Gasteiger partial charge is 0.355 e. The van der Waals surface area contributed by atoms with Crippen LogP contribution in [-0.2, 0) is 0 Å². The van der Waals surface area contributed by atoms with Gasteiger partial charge in [-0.1, -0.05) is 0 Å². The van der Waals surface area contributed by atoms with Crippen molar-refractivity contribution >= 4 is 38.1 Å². The smallest absolute Gasteiger partial charge is 0.167 e. The SMILES string of the molecule is Cc1[nH]c(C=O)c(Br)c1Br. The summed E-state index contributed by atoms with van der Waals surface area (Å²) in [4.78, 5) is 13.2. The van der Waals surface area contributed by atoms with E-state index in [1.807, 2.05) is 6.92 Å². The number of halogens is 2. The van der Waals surface area contributed by atoms with Gasteiger partial charge in [0.25, 0.3) is 0 Å². The molecule has 1 aromatic rings. The molecule has 0 spiro atoms. The highest BCUT2D eigenvalue weighted by Gasteiger charge is 2.08. The van der Waals surface area contributed by atoms with Crippen LogP contribution in [0.15, 0.2) is 8.95 Å². The van der Waals surface area contributed by atoms with Crippen LogP contribution in [-0.4, -0.2) is 11.3 Å². The van der Waals surface area contributed by atoms with Crippen LogP contribution >= 0.6 is 31.9 Å². The standard InChI is InChI=1S/C6H5Br2NO/c1-3-5(7)6(8)4(2-10)9-3/h2,9H,1H3. The number of aryl methyl sites for hydroxylation is 1. The molecule has 4 heteroatoms. The maximum atomic E-state index is 10.3. The third kappa shape index (κ3) is 1.18. The molecule has 0 bridgehead atoms. The van der Waals surface area contributed by atoms with Crippen molar-refractivity contribution in [3.05, 3.63) is 20.3 Å². The highest BCUT2D eigenvalue weighted by atomic mass is 79.9. The molecule has 0 fully saturated rings. The van der Waals surface area contributed by atoms with E-state index >= 15 is 0 Å². The second-order valence-corrected chi connectivity index (χ2v) is 3.50. The molecule has 0 aliphatic heterocycles. The van der Waals surface area contributed by atoms with Gasteiger partial charge < -0.3 is 4.98 Å². The van der Waals surface area contributed by atoms with E-state index < -0.39 is 0 Å². The lowest BCUT2D eigenvalue weighted by atomic mass is 10.4. The first-order valence-electron chi connectivity index (χ1n) is 2.65. The zero-order chi connectivity index (χ0) is 7.72. The van der Waals surface area contributed by atoms with Crippen molar-refractivity contribution in [1.82, 2.24) is 4.98 Å². The summed E-state index contributed by atoms with van der Waals surface area (Å²) in [7, 11) is 0. The Labute approximate surface area is 75.3 Å². The van der Waals surface area contributed by atoms with Crippen LogP contribution in [0, 0.1) is 6.92 Å². The Kier molecular flexibility index (Phi) is 2.31. The van der Waals surface area contributed by atoms with Crippen molar-refractivity contribution in [2.75, 3.05) is 0 Å². The Morgan fingerprint density at radius 2 is 2.00 bits per heavy atom. The Balaban J connectivity index is 3.30. The van der Waals surface area contributed by atoms with Crippen molar-refractivity contribution < 1.29 is 4.79 Å². The van der Waals surface area contributed by atoms with Gasteiger partial charge in [0.05, 0.1) is 14.6 Å². The lowest BCUT2D eigenvalue weighted by molar-refractivity contribution is 0.111. The zero-order valence-corrected chi connectivity index (χ0v) is 8.41. The normalized spacial score (nSPS) is 9.90. The van der Waals surface area contributed by atoms with Crippen LogP contribution in [0.25, 0.3) is 0 Å². The summed E-state index contributed by atoms with van der Waals surface area (Å²) in [5.41, 5.74) is 1.53. The van der Waals surface area contributed by atoms with Gasteiger partial charge in [0.15, 0.2) is 6.29 Å². The molecule has 0 saturated carbocycles. The van der Waals surface area contributed by atoms with E-state index in [-0.39, 0.29) is 0 Å². The number of carbonyl (C=O) groups excluding carboxylic acids is 1.